The van der Waals surface area contributed by atoms with Crippen LogP contribution in [0.5, 0.6) is 0 Å². The molecule has 2 N–H and O–H groups in total. The standard InChI is InChI=1S/C17H27NO3/c1-12-10-14(12)15-6-4-13(21-15)5-7-16(20)18-11-17(2,3)8-9-19/h4,6,12,14,19H,5,7-11H2,1-3H3,(H,18,20). The average molecular weight is 293 g/mol. The second-order valence-electron chi connectivity index (χ2n) is 7.04. The number of aliphatic hydroxyl groups is 1. The lowest BCUT2D eigenvalue weighted by Gasteiger charge is -2.23. The number of aryl methyl sites for hydroxylation is 1. The molecule has 1 aliphatic rings. The van der Waals surface area contributed by atoms with Crippen LogP contribution >= 0.6 is 0 Å². The topological polar surface area (TPSA) is 62.5 Å². The lowest BCUT2D eigenvalue weighted by Crippen LogP contribution is -2.34. The second-order valence-corrected chi connectivity index (χ2v) is 7.04. The van der Waals surface area contributed by atoms with Gasteiger partial charge in [0.05, 0.1) is 0 Å². The van der Waals surface area contributed by atoms with Crippen molar-refractivity contribution in [3.63, 3.8) is 0 Å². The van der Waals surface area contributed by atoms with E-state index in [2.05, 4.69) is 12.2 Å². The Hall–Kier alpha value is -1.29. The first-order chi connectivity index (χ1) is 9.91. The number of furan rings is 1. The van der Waals surface area contributed by atoms with Gasteiger partial charge in [0, 0.05) is 31.9 Å². The Bertz CT molecular complexity index is 478. The van der Waals surface area contributed by atoms with E-state index in [9.17, 15) is 4.79 Å². The Kier molecular flexibility index (Phi) is 5.09. The van der Waals surface area contributed by atoms with Crippen LogP contribution in [0, 0.1) is 11.3 Å². The van der Waals surface area contributed by atoms with Crippen LogP contribution in [0.3, 0.4) is 0 Å². The molecule has 0 bridgehead atoms. The highest BCUT2D eigenvalue weighted by atomic mass is 16.3. The highest BCUT2D eigenvalue weighted by molar-refractivity contribution is 5.76. The molecule has 0 aromatic carbocycles. The Labute approximate surface area is 126 Å². The molecule has 1 saturated carbocycles. The van der Waals surface area contributed by atoms with Crippen molar-refractivity contribution in [2.24, 2.45) is 11.3 Å². The first kappa shape index (κ1) is 16.1. The fourth-order valence-corrected chi connectivity index (χ4v) is 2.50. The van der Waals surface area contributed by atoms with Gasteiger partial charge < -0.3 is 14.8 Å². The van der Waals surface area contributed by atoms with Gasteiger partial charge in [0.1, 0.15) is 11.5 Å². The number of amides is 1. The summed E-state index contributed by atoms with van der Waals surface area (Å²) in [5.41, 5.74) is -0.0651. The maximum Gasteiger partial charge on any atom is 0.220 e. The molecule has 21 heavy (non-hydrogen) atoms. The van der Waals surface area contributed by atoms with E-state index in [1.54, 1.807) is 0 Å². The number of hydrogen-bond donors (Lipinski definition) is 2. The summed E-state index contributed by atoms with van der Waals surface area (Å²) in [4.78, 5) is 11.9. The Morgan fingerprint density at radius 3 is 2.81 bits per heavy atom. The molecule has 1 fully saturated rings. The van der Waals surface area contributed by atoms with Gasteiger partial charge in [-0.2, -0.15) is 0 Å². The average Bonchev–Trinajstić information content (AvgIpc) is 2.97. The summed E-state index contributed by atoms with van der Waals surface area (Å²) in [7, 11) is 0. The van der Waals surface area contributed by atoms with Crippen molar-refractivity contribution in [1.29, 1.82) is 0 Å². The smallest absolute Gasteiger partial charge is 0.220 e. The maximum absolute atomic E-state index is 11.9. The zero-order chi connectivity index (χ0) is 15.5. The number of carbonyl (C=O) groups is 1. The third-order valence-corrected chi connectivity index (χ3v) is 4.31. The molecule has 0 spiro atoms. The summed E-state index contributed by atoms with van der Waals surface area (Å²) < 4.78 is 5.80. The van der Waals surface area contributed by atoms with Crippen molar-refractivity contribution in [2.45, 2.75) is 52.4 Å². The molecule has 0 radical (unpaired) electrons. The minimum atomic E-state index is -0.0651. The number of rotatable bonds is 8. The van der Waals surface area contributed by atoms with Crippen LogP contribution in [0.1, 0.15) is 57.5 Å². The monoisotopic (exact) mass is 293 g/mol. The van der Waals surface area contributed by atoms with Gasteiger partial charge in [-0.15, -0.1) is 0 Å². The Balaban J connectivity index is 1.70. The zero-order valence-electron chi connectivity index (χ0n) is 13.3. The molecule has 2 unspecified atom stereocenters. The maximum atomic E-state index is 11.9. The highest BCUT2D eigenvalue weighted by Crippen LogP contribution is 2.47. The molecule has 1 aromatic heterocycles. The van der Waals surface area contributed by atoms with Gasteiger partial charge >= 0.3 is 0 Å². The van der Waals surface area contributed by atoms with Gasteiger partial charge in [0.25, 0.3) is 0 Å². The summed E-state index contributed by atoms with van der Waals surface area (Å²) in [6.45, 7) is 7.06. The van der Waals surface area contributed by atoms with Crippen LogP contribution in [0.2, 0.25) is 0 Å². The summed E-state index contributed by atoms with van der Waals surface area (Å²) in [6.07, 6.45) is 3.00. The van der Waals surface area contributed by atoms with Crippen LogP contribution in [-0.2, 0) is 11.2 Å². The third-order valence-electron chi connectivity index (χ3n) is 4.31. The molecule has 1 heterocycles. The molecule has 0 saturated heterocycles. The predicted octanol–water partition coefficient (Wildman–Crippen LogP) is 2.86. The molecule has 2 atom stereocenters. The van der Waals surface area contributed by atoms with Gasteiger partial charge in [0.2, 0.25) is 5.91 Å². The Morgan fingerprint density at radius 2 is 2.19 bits per heavy atom. The first-order valence-corrected chi connectivity index (χ1v) is 7.87. The molecule has 4 nitrogen and oxygen atoms in total. The summed E-state index contributed by atoms with van der Waals surface area (Å²) >= 11 is 0. The van der Waals surface area contributed by atoms with E-state index in [0.717, 1.165) is 17.4 Å². The molecule has 1 amide bonds. The molecule has 2 rings (SSSR count). The fourth-order valence-electron chi connectivity index (χ4n) is 2.50. The van der Waals surface area contributed by atoms with E-state index in [4.69, 9.17) is 9.52 Å². The van der Waals surface area contributed by atoms with E-state index in [1.807, 2.05) is 26.0 Å². The summed E-state index contributed by atoms with van der Waals surface area (Å²) in [5.74, 6) is 3.34. The van der Waals surface area contributed by atoms with Crippen LogP contribution in [-0.4, -0.2) is 24.2 Å². The fraction of sp³-hybridized carbons (Fsp3) is 0.706. The van der Waals surface area contributed by atoms with Gasteiger partial charge in [-0.3, -0.25) is 4.79 Å². The zero-order valence-corrected chi connectivity index (χ0v) is 13.3. The number of hydrogen-bond acceptors (Lipinski definition) is 3. The first-order valence-electron chi connectivity index (χ1n) is 7.87. The van der Waals surface area contributed by atoms with Crippen LogP contribution in [0.4, 0.5) is 0 Å². The second kappa shape index (κ2) is 6.65. The molecule has 1 aliphatic carbocycles. The molecule has 0 aliphatic heterocycles. The summed E-state index contributed by atoms with van der Waals surface area (Å²) in [6, 6.07) is 4.04. The van der Waals surface area contributed by atoms with Crippen LogP contribution in [0.15, 0.2) is 16.5 Å². The van der Waals surface area contributed by atoms with E-state index < -0.39 is 0 Å². The van der Waals surface area contributed by atoms with Crippen molar-refractivity contribution in [1.82, 2.24) is 5.32 Å². The van der Waals surface area contributed by atoms with E-state index in [1.165, 1.54) is 6.42 Å². The largest absolute Gasteiger partial charge is 0.466 e. The normalized spacial score (nSPS) is 21.3. The lowest BCUT2D eigenvalue weighted by atomic mass is 9.90. The minimum Gasteiger partial charge on any atom is -0.466 e. The SMILES string of the molecule is CC1CC1c1ccc(CCC(=O)NCC(C)(C)CCO)o1. The quantitative estimate of drug-likeness (QED) is 0.774. The van der Waals surface area contributed by atoms with Crippen molar-refractivity contribution < 1.29 is 14.3 Å². The van der Waals surface area contributed by atoms with E-state index in [-0.39, 0.29) is 17.9 Å². The molecule has 118 valence electrons. The predicted molar refractivity (Wildman–Crippen MR) is 82.0 cm³/mol. The van der Waals surface area contributed by atoms with Crippen LogP contribution in [0.25, 0.3) is 0 Å². The van der Waals surface area contributed by atoms with Crippen molar-refractivity contribution in [3.8, 4) is 0 Å². The van der Waals surface area contributed by atoms with Gasteiger partial charge in [0.15, 0.2) is 0 Å². The summed E-state index contributed by atoms with van der Waals surface area (Å²) in [5, 5.41) is 11.9. The molecule has 4 heteroatoms. The van der Waals surface area contributed by atoms with Crippen LogP contribution < -0.4 is 5.32 Å². The number of carbonyl (C=O) groups excluding carboxylic acids is 1. The lowest BCUT2D eigenvalue weighted by molar-refractivity contribution is -0.121. The molecular weight excluding hydrogens is 266 g/mol. The van der Waals surface area contributed by atoms with Crippen molar-refractivity contribution in [2.75, 3.05) is 13.2 Å². The van der Waals surface area contributed by atoms with Gasteiger partial charge in [-0.05, 0) is 36.3 Å². The van der Waals surface area contributed by atoms with Gasteiger partial charge in [-0.25, -0.2) is 0 Å². The van der Waals surface area contributed by atoms with E-state index >= 15 is 0 Å². The third kappa shape index (κ3) is 4.88. The van der Waals surface area contributed by atoms with Crippen molar-refractivity contribution >= 4 is 5.91 Å². The number of aliphatic hydroxyl groups excluding tert-OH is 1. The van der Waals surface area contributed by atoms with Crippen molar-refractivity contribution in [3.05, 3.63) is 23.7 Å². The number of nitrogens with one attached hydrogen (secondary N) is 1. The highest BCUT2D eigenvalue weighted by Gasteiger charge is 2.36. The molecular formula is C17H27NO3. The van der Waals surface area contributed by atoms with E-state index in [0.29, 0.717) is 31.7 Å². The van der Waals surface area contributed by atoms with Gasteiger partial charge in [-0.1, -0.05) is 20.8 Å². The molecule has 1 aromatic rings. The minimum absolute atomic E-state index is 0.0405. The Morgan fingerprint density at radius 1 is 1.48 bits per heavy atom.